The van der Waals surface area contributed by atoms with E-state index in [1.807, 2.05) is 0 Å². The van der Waals surface area contributed by atoms with Gasteiger partial charge in [0.1, 0.15) is 13.3 Å². The number of alkyl halides is 1. The van der Waals surface area contributed by atoms with Crippen LogP contribution in [0.1, 0.15) is 27.3 Å². The number of nitrogens with zero attached hydrogens (tertiary/aromatic N) is 1. The highest BCUT2D eigenvalue weighted by Crippen LogP contribution is 2.26. The summed E-state index contributed by atoms with van der Waals surface area (Å²) in [5, 5.41) is 3.42. The lowest BCUT2D eigenvalue weighted by Gasteiger charge is -2.12. The summed E-state index contributed by atoms with van der Waals surface area (Å²) in [7, 11) is 0. The zero-order valence-corrected chi connectivity index (χ0v) is 6.02. The van der Waals surface area contributed by atoms with E-state index in [0.717, 1.165) is 0 Å². The maximum Gasteiger partial charge on any atom is 0.153 e. The molecule has 0 aromatic carbocycles. The van der Waals surface area contributed by atoms with E-state index in [2.05, 4.69) is 9.68 Å². The Hall–Kier alpha value is -0.860. The third kappa shape index (κ3) is 1.17. The molecule has 3 heteroatoms. The predicted molar refractivity (Wildman–Crippen MR) is 35.3 cm³/mol. The van der Waals surface area contributed by atoms with E-state index >= 15 is 0 Å². The van der Waals surface area contributed by atoms with E-state index < -0.39 is 5.67 Å². The first kappa shape index (κ1) is 5.89. The van der Waals surface area contributed by atoms with Crippen LogP contribution in [0.4, 0.5) is 4.39 Å². The summed E-state index contributed by atoms with van der Waals surface area (Å²) < 4.78 is 24.8. The average molecular weight is 144 g/mol. The lowest BCUT2D eigenvalue weighted by Crippen LogP contribution is -2.13. The molecule has 0 unspecified atom stereocenters. The van der Waals surface area contributed by atoms with Crippen molar-refractivity contribution in [2.24, 2.45) is 0 Å². The summed E-state index contributed by atoms with van der Waals surface area (Å²) in [5.41, 5.74) is -1.27. The van der Waals surface area contributed by atoms with Crippen molar-refractivity contribution >= 4 is 0 Å². The average Bonchev–Trinajstić information content (AvgIpc) is 2.36. The number of rotatable bonds is 2. The SMILES string of the molecule is [2H]c1cc([C@@](C)(F)CC)no1. The van der Waals surface area contributed by atoms with E-state index in [1.54, 1.807) is 6.92 Å². The van der Waals surface area contributed by atoms with Gasteiger partial charge in [-0.15, -0.1) is 0 Å². The highest BCUT2D eigenvalue weighted by molar-refractivity contribution is 5.06. The molecule has 0 bridgehead atoms. The van der Waals surface area contributed by atoms with Gasteiger partial charge in [-0.1, -0.05) is 12.1 Å². The molecule has 1 atom stereocenters. The summed E-state index contributed by atoms with van der Waals surface area (Å²) >= 11 is 0. The van der Waals surface area contributed by atoms with E-state index in [9.17, 15) is 4.39 Å². The van der Waals surface area contributed by atoms with Crippen LogP contribution < -0.4 is 0 Å². The number of hydrogen-bond acceptors (Lipinski definition) is 2. The van der Waals surface area contributed by atoms with Gasteiger partial charge in [-0.05, 0) is 13.3 Å². The molecule has 0 N–H and O–H groups in total. The van der Waals surface area contributed by atoms with Gasteiger partial charge in [0.15, 0.2) is 5.67 Å². The lowest BCUT2D eigenvalue weighted by molar-refractivity contribution is 0.171. The minimum atomic E-state index is -1.47. The summed E-state index contributed by atoms with van der Waals surface area (Å²) in [6.07, 6.45) is 0.233. The van der Waals surface area contributed by atoms with Crippen molar-refractivity contribution < 1.29 is 10.3 Å². The first-order valence-electron chi connectivity index (χ1n) is 3.69. The van der Waals surface area contributed by atoms with Crippen molar-refractivity contribution in [3.63, 3.8) is 0 Å². The Bertz CT molecular complexity index is 246. The van der Waals surface area contributed by atoms with Crippen molar-refractivity contribution in [3.8, 4) is 0 Å². The molecule has 0 aliphatic rings. The first-order valence-corrected chi connectivity index (χ1v) is 3.19. The fraction of sp³-hybridized carbons (Fsp3) is 0.571. The Morgan fingerprint density at radius 2 is 2.70 bits per heavy atom. The molecule has 0 amide bonds. The van der Waals surface area contributed by atoms with Crippen LogP contribution in [0.2, 0.25) is 0 Å². The molecule has 0 saturated carbocycles. The molecule has 0 aliphatic heterocycles. The van der Waals surface area contributed by atoms with E-state index in [4.69, 9.17) is 1.37 Å². The smallest absolute Gasteiger partial charge is 0.153 e. The normalized spacial score (nSPS) is 18.1. The number of hydrogen-bond donors (Lipinski definition) is 0. The number of halogens is 1. The Balaban J connectivity index is 2.92. The Kier molecular flexibility index (Phi) is 1.42. The standard InChI is InChI=1S/C7H10FNO/c1-3-7(2,8)6-4-5-10-9-6/h4-5H,3H2,1-2H3/t7-/m0/s1/i5D. The molecule has 56 valence electrons. The Morgan fingerprint density at radius 3 is 3.10 bits per heavy atom. The Morgan fingerprint density at radius 1 is 2.00 bits per heavy atom. The second-order valence-electron chi connectivity index (χ2n) is 2.38. The van der Waals surface area contributed by atoms with Gasteiger partial charge >= 0.3 is 0 Å². The summed E-state index contributed by atoms with van der Waals surface area (Å²) in [4.78, 5) is 0. The molecule has 0 radical (unpaired) electrons. The molecule has 1 heterocycles. The third-order valence-corrected chi connectivity index (χ3v) is 1.59. The zero-order chi connectivity index (χ0) is 8.48. The topological polar surface area (TPSA) is 26.0 Å². The highest BCUT2D eigenvalue weighted by atomic mass is 19.1. The minimum Gasteiger partial charge on any atom is -0.364 e. The molecule has 0 saturated heterocycles. The van der Waals surface area contributed by atoms with Crippen LogP contribution in [0, 0.1) is 0 Å². The van der Waals surface area contributed by atoms with Crippen molar-refractivity contribution in [3.05, 3.63) is 18.0 Å². The van der Waals surface area contributed by atoms with Crippen molar-refractivity contribution in [1.29, 1.82) is 0 Å². The fourth-order valence-electron chi connectivity index (χ4n) is 0.611. The van der Waals surface area contributed by atoms with Crippen LogP contribution >= 0.6 is 0 Å². The van der Waals surface area contributed by atoms with E-state index in [1.165, 1.54) is 13.0 Å². The van der Waals surface area contributed by atoms with Crippen LogP contribution in [0.3, 0.4) is 0 Å². The molecule has 0 fully saturated rings. The minimum absolute atomic E-state index is 0.0997. The van der Waals surface area contributed by atoms with Gasteiger partial charge in [-0.2, -0.15) is 0 Å². The second-order valence-corrected chi connectivity index (χ2v) is 2.38. The van der Waals surface area contributed by atoms with Crippen molar-refractivity contribution in [1.82, 2.24) is 5.16 Å². The van der Waals surface area contributed by atoms with Gasteiger partial charge in [0.25, 0.3) is 0 Å². The van der Waals surface area contributed by atoms with Crippen LogP contribution in [0.25, 0.3) is 0 Å². The predicted octanol–water partition coefficient (Wildman–Crippen LogP) is 2.27. The Labute approximate surface area is 60.4 Å². The molecule has 0 spiro atoms. The van der Waals surface area contributed by atoms with Gasteiger partial charge in [0, 0.05) is 6.07 Å². The fourth-order valence-corrected chi connectivity index (χ4v) is 0.611. The molecule has 1 rings (SSSR count). The monoisotopic (exact) mass is 144 g/mol. The van der Waals surface area contributed by atoms with Crippen LogP contribution in [0.5, 0.6) is 0 Å². The summed E-state index contributed by atoms with van der Waals surface area (Å²) in [6.45, 7) is 3.14. The van der Waals surface area contributed by atoms with Gasteiger partial charge in [-0.25, -0.2) is 4.39 Å². The maximum absolute atomic E-state index is 13.4. The maximum atomic E-state index is 13.4. The van der Waals surface area contributed by atoms with E-state index in [-0.39, 0.29) is 11.9 Å². The third-order valence-electron chi connectivity index (χ3n) is 1.59. The molecule has 0 aliphatic carbocycles. The van der Waals surface area contributed by atoms with Crippen molar-refractivity contribution in [2.75, 3.05) is 0 Å². The zero-order valence-electron chi connectivity index (χ0n) is 7.02. The van der Waals surface area contributed by atoms with Gasteiger partial charge in [0.2, 0.25) is 0 Å². The molecular weight excluding hydrogens is 133 g/mol. The van der Waals surface area contributed by atoms with Gasteiger partial charge in [-0.3, -0.25) is 0 Å². The number of aromatic nitrogens is 1. The molecule has 2 nitrogen and oxygen atoms in total. The van der Waals surface area contributed by atoms with Gasteiger partial charge < -0.3 is 4.52 Å². The lowest BCUT2D eigenvalue weighted by atomic mass is 10.0. The summed E-state index contributed by atoms with van der Waals surface area (Å²) in [6, 6.07) is 1.30. The quantitative estimate of drug-likeness (QED) is 0.636. The van der Waals surface area contributed by atoms with Crippen LogP contribution in [-0.4, -0.2) is 5.16 Å². The molecule has 10 heavy (non-hydrogen) atoms. The first-order chi connectivity index (χ1) is 5.06. The van der Waals surface area contributed by atoms with Crippen molar-refractivity contribution in [2.45, 2.75) is 25.9 Å². The molecule has 1 aromatic rings. The molecular formula is C7H10FNO. The van der Waals surface area contributed by atoms with E-state index in [0.29, 0.717) is 6.42 Å². The van der Waals surface area contributed by atoms with Gasteiger partial charge in [0.05, 0.1) is 0 Å². The van der Waals surface area contributed by atoms with Crippen LogP contribution in [-0.2, 0) is 5.67 Å². The molecule has 1 aromatic heterocycles. The largest absolute Gasteiger partial charge is 0.364 e. The highest BCUT2D eigenvalue weighted by Gasteiger charge is 2.25. The second kappa shape index (κ2) is 2.40. The summed E-state index contributed by atoms with van der Waals surface area (Å²) in [5.74, 6) is 0. The van der Waals surface area contributed by atoms with Crippen LogP contribution in [0.15, 0.2) is 16.8 Å².